The molecular weight excluding hydrogens is 242 g/mol. The number of aryl methyl sites for hydroxylation is 1. The summed E-state index contributed by atoms with van der Waals surface area (Å²) in [6.45, 7) is 0.425. The predicted octanol–water partition coefficient (Wildman–Crippen LogP) is -0.394. The zero-order valence-corrected chi connectivity index (χ0v) is 10.2. The average molecular weight is 255 g/mol. The Labute approximate surface area is 98.9 Å². The van der Waals surface area contributed by atoms with Crippen molar-refractivity contribution in [2.24, 2.45) is 0 Å². The number of aromatic nitrogens is 4. The van der Waals surface area contributed by atoms with Crippen molar-refractivity contribution in [3.63, 3.8) is 0 Å². The summed E-state index contributed by atoms with van der Waals surface area (Å²) in [6, 6.07) is 0. The Hall–Kier alpha value is -1.54. The van der Waals surface area contributed by atoms with Crippen LogP contribution in [-0.4, -0.2) is 40.8 Å². The third kappa shape index (κ3) is 3.46. The lowest BCUT2D eigenvalue weighted by atomic mass is 10.2. The molecule has 7 nitrogen and oxygen atoms in total. The van der Waals surface area contributed by atoms with E-state index in [0.717, 1.165) is 24.7 Å². The quantitative estimate of drug-likeness (QED) is 0.735. The van der Waals surface area contributed by atoms with E-state index in [-0.39, 0.29) is 0 Å². The van der Waals surface area contributed by atoms with Gasteiger partial charge in [-0.15, -0.1) is 0 Å². The largest absolute Gasteiger partial charge is 0.252 e. The Morgan fingerprint density at radius 2 is 2.24 bits per heavy atom. The van der Waals surface area contributed by atoms with Crippen LogP contribution in [0, 0.1) is 0 Å². The average Bonchev–Trinajstić information content (AvgIpc) is 2.70. The Morgan fingerprint density at radius 1 is 1.41 bits per heavy atom. The number of hydrogen-bond donors (Lipinski definition) is 1. The highest BCUT2D eigenvalue weighted by Crippen LogP contribution is 2.02. The summed E-state index contributed by atoms with van der Waals surface area (Å²) >= 11 is 0. The standard InChI is InChI=1S/C9H13N5O2S/c1-17(15,16)13-4-2-3-8-5-10-9-11-7-12-14(9)6-8/h5-7,13H,2-4H2,1H3. The summed E-state index contributed by atoms with van der Waals surface area (Å²) in [5, 5.41) is 3.98. The molecule has 0 bridgehead atoms. The summed E-state index contributed by atoms with van der Waals surface area (Å²) in [4.78, 5) is 8.06. The lowest BCUT2D eigenvalue weighted by molar-refractivity contribution is 0.585. The third-order valence-corrected chi connectivity index (χ3v) is 2.92. The van der Waals surface area contributed by atoms with Gasteiger partial charge in [0.2, 0.25) is 10.0 Å². The van der Waals surface area contributed by atoms with E-state index in [1.807, 2.05) is 6.20 Å². The van der Waals surface area contributed by atoms with Gasteiger partial charge in [-0.25, -0.2) is 22.6 Å². The molecule has 2 aromatic heterocycles. The van der Waals surface area contributed by atoms with Gasteiger partial charge in [-0.05, 0) is 18.4 Å². The first-order chi connectivity index (χ1) is 8.04. The molecular formula is C9H13N5O2S. The molecule has 0 fully saturated rings. The second-order valence-corrected chi connectivity index (χ2v) is 5.57. The van der Waals surface area contributed by atoms with Crippen LogP contribution in [0.1, 0.15) is 12.0 Å². The minimum atomic E-state index is -3.10. The van der Waals surface area contributed by atoms with Gasteiger partial charge in [-0.1, -0.05) is 0 Å². The number of rotatable bonds is 5. The van der Waals surface area contributed by atoms with Crippen LogP contribution in [0.25, 0.3) is 5.78 Å². The molecule has 0 atom stereocenters. The van der Waals surface area contributed by atoms with E-state index in [0.29, 0.717) is 12.3 Å². The van der Waals surface area contributed by atoms with Gasteiger partial charge in [0.05, 0.1) is 6.26 Å². The maximum absolute atomic E-state index is 10.8. The molecule has 0 unspecified atom stereocenters. The zero-order chi connectivity index (χ0) is 12.3. The highest BCUT2D eigenvalue weighted by molar-refractivity contribution is 7.88. The van der Waals surface area contributed by atoms with Gasteiger partial charge in [0, 0.05) is 18.9 Å². The van der Waals surface area contributed by atoms with Gasteiger partial charge >= 0.3 is 0 Å². The summed E-state index contributed by atoms with van der Waals surface area (Å²) in [5.74, 6) is 0.558. The Balaban J connectivity index is 1.90. The Morgan fingerprint density at radius 3 is 3.00 bits per heavy atom. The van der Waals surface area contributed by atoms with Gasteiger partial charge in [-0.3, -0.25) is 0 Å². The number of sulfonamides is 1. The molecule has 0 aliphatic carbocycles. The first kappa shape index (κ1) is 11.9. The first-order valence-corrected chi connectivity index (χ1v) is 7.03. The van der Waals surface area contributed by atoms with Crippen LogP contribution in [-0.2, 0) is 16.4 Å². The lowest BCUT2D eigenvalue weighted by Gasteiger charge is -2.02. The second kappa shape index (κ2) is 4.76. The zero-order valence-electron chi connectivity index (χ0n) is 9.37. The van der Waals surface area contributed by atoms with Crippen molar-refractivity contribution in [2.45, 2.75) is 12.8 Å². The van der Waals surface area contributed by atoms with E-state index >= 15 is 0 Å². The van der Waals surface area contributed by atoms with E-state index in [9.17, 15) is 8.42 Å². The van der Waals surface area contributed by atoms with E-state index < -0.39 is 10.0 Å². The van der Waals surface area contributed by atoms with Crippen molar-refractivity contribution in [1.82, 2.24) is 24.3 Å². The highest BCUT2D eigenvalue weighted by atomic mass is 32.2. The third-order valence-electron chi connectivity index (χ3n) is 2.19. The topological polar surface area (TPSA) is 89.2 Å². The smallest absolute Gasteiger partial charge is 0.219 e. The van der Waals surface area contributed by atoms with E-state index in [4.69, 9.17) is 0 Å². The molecule has 92 valence electrons. The van der Waals surface area contributed by atoms with Crippen molar-refractivity contribution in [3.8, 4) is 0 Å². The number of hydrogen-bond acceptors (Lipinski definition) is 5. The Kier molecular flexibility index (Phi) is 3.34. The van der Waals surface area contributed by atoms with Crippen LogP contribution in [0.15, 0.2) is 18.7 Å². The molecule has 1 N–H and O–H groups in total. The monoisotopic (exact) mass is 255 g/mol. The molecule has 0 saturated carbocycles. The van der Waals surface area contributed by atoms with Crippen LogP contribution in [0.2, 0.25) is 0 Å². The lowest BCUT2D eigenvalue weighted by Crippen LogP contribution is -2.23. The van der Waals surface area contributed by atoms with Crippen molar-refractivity contribution in [2.75, 3.05) is 12.8 Å². The van der Waals surface area contributed by atoms with Gasteiger partial charge in [-0.2, -0.15) is 10.1 Å². The minimum Gasteiger partial charge on any atom is -0.219 e. The molecule has 2 heterocycles. The fourth-order valence-corrected chi connectivity index (χ4v) is 1.95. The molecule has 2 rings (SSSR count). The van der Waals surface area contributed by atoms with Gasteiger partial charge in [0.15, 0.2) is 0 Å². The molecule has 0 saturated heterocycles. The van der Waals surface area contributed by atoms with E-state index in [2.05, 4.69) is 19.8 Å². The highest BCUT2D eigenvalue weighted by Gasteiger charge is 2.01. The number of fused-ring (bicyclic) bond motifs is 1. The number of nitrogens with one attached hydrogen (secondary N) is 1. The fraction of sp³-hybridized carbons (Fsp3) is 0.444. The van der Waals surface area contributed by atoms with Crippen molar-refractivity contribution >= 4 is 15.8 Å². The predicted molar refractivity (Wildman–Crippen MR) is 61.9 cm³/mol. The van der Waals surface area contributed by atoms with Crippen molar-refractivity contribution < 1.29 is 8.42 Å². The van der Waals surface area contributed by atoms with E-state index in [1.165, 1.54) is 6.33 Å². The molecule has 0 radical (unpaired) electrons. The summed E-state index contributed by atoms with van der Waals surface area (Å²) in [6.07, 6.45) is 7.62. The normalized spacial score (nSPS) is 12.1. The summed E-state index contributed by atoms with van der Waals surface area (Å²) in [7, 11) is -3.10. The molecule has 0 spiro atoms. The second-order valence-electron chi connectivity index (χ2n) is 3.74. The molecule has 2 aromatic rings. The molecule has 0 aliphatic rings. The van der Waals surface area contributed by atoms with Gasteiger partial charge in [0.25, 0.3) is 5.78 Å². The first-order valence-electron chi connectivity index (χ1n) is 5.13. The number of nitrogens with zero attached hydrogens (tertiary/aromatic N) is 4. The molecule has 0 aliphatic heterocycles. The van der Waals surface area contributed by atoms with Crippen molar-refractivity contribution in [3.05, 3.63) is 24.3 Å². The molecule has 8 heteroatoms. The molecule has 17 heavy (non-hydrogen) atoms. The van der Waals surface area contributed by atoms with Gasteiger partial charge < -0.3 is 0 Å². The Bertz CT molecular complexity index is 607. The summed E-state index contributed by atoms with van der Waals surface area (Å²) < 4.78 is 25.7. The minimum absolute atomic E-state index is 0.425. The maximum Gasteiger partial charge on any atom is 0.252 e. The van der Waals surface area contributed by atoms with Crippen LogP contribution < -0.4 is 4.72 Å². The van der Waals surface area contributed by atoms with Gasteiger partial charge in [0.1, 0.15) is 6.33 Å². The molecule has 0 aromatic carbocycles. The van der Waals surface area contributed by atoms with Crippen LogP contribution >= 0.6 is 0 Å². The fourth-order valence-electron chi connectivity index (χ4n) is 1.44. The van der Waals surface area contributed by atoms with Crippen LogP contribution in [0.5, 0.6) is 0 Å². The SMILES string of the molecule is CS(=O)(=O)NCCCc1cnc2ncnn2c1. The molecule has 0 amide bonds. The van der Waals surface area contributed by atoms with Crippen LogP contribution in [0.3, 0.4) is 0 Å². The van der Waals surface area contributed by atoms with E-state index in [1.54, 1.807) is 10.7 Å². The summed E-state index contributed by atoms with van der Waals surface area (Å²) in [5.41, 5.74) is 0.998. The van der Waals surface area contributed by atoms with Crippen molar-refractivity contribution in [1.29, 1.82) is 0 Å². The maximum atomic E-state index is 10.8. The van der Waals surface area contributed by atoms with Crippen LogP contribution in [0.4, 0.5) is 0 Å².